The first-order chi connectivity index (χ1) is 9.76. The molecule has 1 fully saturated rings. The third-order valence-corrected chi connectivity index (χ3v) is 4.88. The molecule has 0 radical (unpaired) electrons. The lowest BCUT2D eigenvalue weighted by Crippen LogP contribution is -2.34. The Labute approximate surface area is 132 Å². The standard InChI is InChI=1S/C17H27BrN2/c1-3-15-8-6-5-7-11-20(15)17-10-9-14(12-16(17)18)13-19-4-2/h9-10,12,15,19H,3-8,11,13H2,1-2H3. The molecule has 0 aliphatic carbocycles. The van der Waals surface area contributed by atoms with Crippen LogP contribution in [0, 0.1) is 0 Å². The normalized spacial score (nSPS) is 19.9. The van der Waals surface area contributed by atoms with E-state index >= 15 is 0 Å². The summed E-state index contributed by atoms with van der Waals surface area (Å²) in [6.07, 6.45) is 6.66. The second kappa shape index (κ2) is 8.04. The van der Waals surface area contributed by atoms with Crippen LogP contribution in [-0.2, 0) is 6.54 Å². The molecule has 1 saturated heterocycles. The predicted octanol–water partition coefficient (Wildman–Crippen LogP) is 4.72. The van der Waals surface area contributed by atoms with Crippen LogP contribution in [0.4, 0.5) is 5.69 Å². The maximum Gasteiger partial charge on any atom is 0.0513 e. The second-order valence-electron chi connectivity index (χ2n) is 5.67. The summed E-state index contributed by atoms with van der Waals surface area (Å²) in [6, 6.07) is 7.54. The molecule has 112 valence electrons. The van der Waals surface area contributed by atoms with Crippen molar-refractivity contribution in [2.75, 3.05) is 18.0 Å². The van der Waals surface area contributed by atoms with Crippen LogP contribution in [0.2, 0.25) is 0 Å². The van der Waals surface area contributed by atoms with Gasteiger partial charge in [-0.1, -0.05) is 32.8 Å². The van der Waals surface area contributed by atoms with Crippen molar-refractivity contribution in [3.63, 3.8) is 0 Å². The van der Waals surface area contributed by atoms with Crippen molar-refractivity contribution < 1.29 is 0 Å². The van der Waals surface area contributed by atoms with E-state index in [9.17, 15) is 0 Å². The molecule has 0 bridgehead atoms. The number of nitrogens with zero attached hydrogens (tertiary/aromatic N) is 1. The van der Waals surface area contributed by atoms with E-state index in [2.05, 4.69) is 58.2 Å². The van der Waals surface area contributed by atoms with E-state index in [0.717, 1.165) is 13.1 Å². The fraction of sp³-hybridized carbons (Fsp3) is 0.647. The maximum absolute atomic E-state index is 3.79. The van der Waals surface area contributed by atoms with Gasteiger partial charge in [0.25, 0.3) is 0 Å². The van der Waals surface area contributed by atoms with Crippen molar-refractivity contribution >= 4 is 21.6 Å². The Hall–Kier alpha value is -0.540. The topological polar surface area (TPSA) is 15.3 Å². The van der Waals surface area contributed by atoms with E-state index in [0.29, 0.717) is 6.04 Å². The zero-order valence-corrected chi connectivity index (χ0v) is 14.4. The van der Waals surface area contributed by atoms with Crippen LogP contribution in [0.3, 0.4) is 0 Å². The van der Waals surface area contributed by atoms with Gasteiger partial charge in [-0.25, -0.2) is 0 Å². The van der Waals surface area contributed by atoms with Crippen LogP contribution in [0.15, 0.2) is 22.7 Å². The largest absolute Gasteiger partial charge is 0.368 e. The Balaban J connectivity index is 2.17. The van der Waals surface area contributed by atoms with Crippen molar-refractivity contribution in [2.24, 2.45) is 0 Å². The van der Waals surface area contributed by atoms with Crippen molar-refractivity contribution in [1.82, 2.24) is 5.32 Å². The van der Waals surface area contributed by atoms with Gasteiger partial charge in [0.15, 0.2) is 0 Å². The third-order valence-electron chi connectivity index (χ3n) is 4.25. The Morgan fingerprint density at radius 1 is 1.25 bits per heavy atom. The minimum atomic E-state index is 0.702. The lowest BCUT2D eigenvalue weighted by molar-refractivity contribution is 0.555. The number of halogens is 1. The first kappa shape index (κ1) is 15.8. The average Bonchev–Trinajstić information content (AvgIpc) is 2.70. The van der Waals surface area contributed by atoms with Crippen LogP contribution >= 0.6 is 15.9 Å². The highest BCUT2D eigenvalue weighted by Gasteiger charge is 2.21. The Kier molecular flexibility index (Phi) is 6.37. The molecule has 2 nitrogen and oxygen atoms in total. The van der Waals surface area contributed by atoms with Gasteiger partial charge in [-0.2, -0.15) is 0 Å². The zero-order valence-electron chi connectivity index (χ0n) is 12.8. The summed E-state index contributed by atoms with van der Waals surface area (Å²) in [4.78, 5) is 2.62. The maximum atomic E-state index is 3.79. The number of nitrogens with one attached hydrogen (secondary N) is 1. The summed E-state index contributed by atoms with van der Waals surface area (Å²) < 4.78 is 1.24. The monoisotopic (exact) mass is 338 g/mol. The SMILES string of the molecule is CCNCc1ccc(N2CCCCCC2CC)c(Br)c1. The van der Waals surface area contributed by atoms with Crippen LogP contribution in [0.25, 0.3) is 0 Å². The Morgan fingerprint density at radius 3 is 2.80 bits per heavy atom. The fourth-order valence-electron chi connectivity index (χ4n) is 3.08. The van der Waals surface area contributed by atoms with Gasteiger partial charge >= 0.3 is 0 Å². The molecule has 1 aromatic rings. The molecule has 3 heteroatoms. The van der Waals surface area contributed by atoms with Gasteiger partial charge in [-0.05, 0) is 59.4 Å². The van der Waals surface area contributed by atoms with Crippen molar-refractivity contribution in [2.45, 2.75) is 58.5 Å². The Bertz CT molecular complexity index is 419. The lowest BCUT2D eigenvalue weighted by atomic mass is 10.1. The van der Waals surface area contributed by atoms with E-state index in [1.807, 2.05) is 0 Å². The Morgan fingerprint density at radius 2 is 2.10 bits per heavy atom. The van der Waals surface area contributed by atoms with Crippen LogP contribution in [-0.4, -0.2) is 19.1 Å². The van der Waals surface area contributed by atoms with Crippen molar-refractivity contribution in [1.29, 1.82) is 0 Å². The van der Waals surface area contributed by atoms with E-state index < -0.39 is 0 Å². The number of hydrogen-bond donors (Lipinski definition) is 1. The summed E-state index contributed by atoms with van der Waals surface area (Å²) >= 11 is 3.79. The molecule has 1 heterocycles. The van der Waals surface area contributed by atoms with Crippen molar-refractivity contribution in [3.8, 4) is 0 Å². The van der Waals surface area contributed by atoms with Gasteiger partial charge in [-0.15, -0.1) is 0 Å². The van der Waals surface area contributed by atoms with Gasteiger partial charge in [0.2, 0.25) is 0 Å². The number of benzene rings is 1. The van der Waals surface area contributed by atoms with Gasteiger partial charge in [-0.3, -0.25) is 0 Å². The smallest absolute Gasteiger partial charge is 0.0513 e. The molecule has 1 aliphatic heterocycles. The minimum absolute atomic E-state index is 0.702. The molecule has 1 unspecified atom stereocenters. The molecular weight excluding hydrogens is 312 g/mol. The van der Waals surface area contributed by atoms with Crippen molar-refractivity contribution in [3.05, 3.63) is 28.2 Å². The van der Waals surface area contributed by atoms with E-state index in [1.165, 1.54) is 54.4 Å². The van der Waals surface area contributed by atoms with Gasteiger partial charge in [0.1, 0.15) is 0 Å². The van der Waals surface area contributed by atoms with Gasteiger partial charge in [0, 0.05) is 23.6 Å². The summed E-state index contributed by atoms with van der Waals surface area (Å²) in [5.41, 5.74) is 2.73. The van der Waals surface area contributed by atoms with Gasteiger partial charge in [0.05, 0.1) is 5.69 Å². The predicted molar refractivity (Wildman–Crippen MR) is 91.4 cm³/mol. The fourth-order valence-corrected chi connectivity index (χ4v) is 3.74. The molecule has 2 rings (SSSR count). The lowest BCUT2D eigenvalue weighted by Gasteiger charge is -2.32. The molecule has 1 N–H and O–H groups in total. The first-order valence-corrected chi connectivity index (χ1v) is 8.81. The molecule has 0 saturated carbocycles. The van der Waals surface area contributed by atoms with E-state index in [-0.39, 0.29) is 0 Å². The molecular formula is C17H27BrN2. The minimum Gasteiger partial charge on any atom is -0.368 e. The van der Waals surface area contributed by atoms with E-state index in [4.69, 9.17) is 0 Å². The highest BCUT2D eigenvalue weighted by molar-refractivity contribution is 9.10. The summed E-state index contributed by atoms with van der Waals surface area (Å²) in [5.74, 6) is 0. The molecule has 1 atom stereocenters. The second-order valence-corrected chi connectivity index (χ2v) is 6.53. The summed E-state index contributed by atoms with van der Waals surface area (Å²) in [6.45, 7) is 7.63. The number of rotatable bonds is 5. The molecule has 20 heavy (non-hydrogen) atoms. The zero-order chi connectivity index (χ0) is 14.4. The molecule has 0 amide bonds. The summed E-state index contributed by atoms with van der Waals surface area (Å²) in [5, 5.41) is 3.39. The highest BCUT2D eigenvalue weighted by Crippen LogP contribution is 2.32. The number of hydrogen-bond acceptors (Lipinski definition) is 2. The van der Waals surface area contributed by atoms with Crippen LogP contribution in [0.5, 0.6) is 0 Å². The van der Waals surface area contributed by atoms with Crippen LogP contribution < -0.4 is 10.2 Å². The van der Waals surface area contributed by atoms with Crippen LogP contribution in [0.1, 0.15) is 51.5 Å². The average molecular weight is 339 g/mol. The first-order valence-electron chi connectivity index (χ1n) is 8.02. The highest BCUT2D eigenvalue weighted by atomic mass is 79.9. The summed E-state index contributed by atoms with van der Waals surface area (Å²) in [7, 11) is 0. The molecule has 1 aromatic carbocycles. The van der Waals surface area contributed by atoms with Gasteiger partial charge < -0.3 is 10.2 Å². The van der Waals surface area contributed by atoms with E-state index in [1.54, 1.807) is 0 Å². The molecule has 1 aliphatic rings. The third kappa shape index (κ3) is 3.98. The quantitative estimate of drug-likeness (QED) is 0.835. The number of anilines is 1. The molecule has 0 spiro atoms. The molecule has 0 aromatic heterocycles.